The molecule has 1 unspecified atom stereocenters. The van der Waals surface area contributed by atoms with Crippen molar-refractivity contribution in [1.82, 2.24) is 20.6 Å². The van der Waals surface area contributed by atoms with Crippen molar-refractivity contribution in [3.63, 3.8) is 0 Å². The number of fused-ring (bicyclic) bond motifs is 1. The van der Waals surface area contributed by atoms with Gasteiger partial charge in [-0.05, 0) is 49.6 Å². The number of carbonyl (C=O) groups is 2. The van der Waals surface area contributed by atoms with Gasteiger partial charge in [0.15, 0.2) is 5.82 Å². The summed E-state index contributed by atoms with van der Waals surface area (Å²) in [7, 11) is 0. The average molecular weight is 431 g/mol. The minimum absolute atomic E-state index is 0.0240. The SMILES string of the molecule is Cc1ccc2c(N3CC[C@@H](NC(=O)C4CCC(=O)N4)C3)nc(-c3ccccc3O)nc2c1. The third kappa shape index (κ3) is 3.84. The van der Waals surface area contributed by atoms with Crippen molar-refractivity contribution < 1.29 is 14.7 Å². The molecule has 2 fully saturated rings. The highest BCUT2D eigenvalue weighted by Gasteiger charge is 2.32. The van der Waals surface area contributed by atoms with Crippen molar-refractivity contribution in [2.75, 3.05) is 18.0 Å². The number of aryl methyl sites for hydroxylation is 1. The molecule has 0 saturated carbocycles. The summed E-state index contributed by atoms with van der Waals surface area (Å²) in [4.78, 5) is 35.6. The van der Waals surface area contributed by atoms with E-state index in [1.54, 1.807) is 18.2 Å². The number of carbonyl (C=O) groups excluding carboxylic acids is 2. The Labute approximate surface area is 185 Å². The summed E-state index contributed by atoms with van der Waals surface area (Å²) in [6, 6.07) is 12.7. The van der Waals surface area contributed by atoms with Crippen LogP contribution in [-0.2, 0) is 9.59 Å². The van der Waals surface area contributed by atoms with Crippen molar-refractivity contribution in [3.8, 4) is 17.1 Å². The summed E-state index contributed by atoms with van der Waals surface area (Å²) in [5.41, 5.74) is 2.49. The van der Waals surface area contributed by atoms with Crippen molar-refractivity contribution in [2.24, 2.45) is 0 Å². The lowest BCUT2D eigenvalue weighted by Gasteiger charge is -2.21. The summed E-state index contributed by atoms with van der Waals surface area (Å²) < 4.78 is 0. The van der Waals surface area contributed by atoms with Crippen LogP contribution in [0.15, 0.2) is 42.5 Å². The van der Waals surface area contributed by atoms with E-state index in [9.17, 15) is 14.7 Å². The lowest BCUT2D eigenvalue weighted by Crippen LogP contribution is -2.46. The number of nitrogens with one attached hydrogen (secondary N) is 2. The van der Waals surface area contributed by atoms with Crippen LogP contribution in [0.25, 0.3) is 22.3 Å². The molecule has 3 heterocycles. The predicted molar refractivity (Wildman–Crippen MR) is 121 cm³/mol. The number of rotatable bonds is 4. The summed E-state index contributed by atoms with van der Waals surface area (Å²) in [5.74, 6) is 1.20. The monoisotopic (exact) mass is 431 g/mol. The van der Waals surface area contributed by atoms with Crippen LogP contribution in [0.2, 0.25) is 0 Å². The molecule has 3 aromatic rings. The Balaban J connectivity index is 1.44. The van der Waals surface area contributed by atoms with Crippen LogP contribution < -0.4 is 15.5 Å². The smallest absolute Gasteiger partial charge is 0.242 e. The number of aromatic nitrogens is 2. The number of benzene rings is 2. The minimum Gasteiger partial charge on any atom is -0.507 e. The molecule has 2 amide bonds. The third-order valence-electron chi connectivity index (χ3n) is 6.12. The number of hydrogen-bond acceptors (Lipinski definition) is 6. The van der Waals surface area contributed by atoms with Gasteiger partial charge < -0.3 is 20.6 Å². The van der Waals surface area contributed by atoms with Crippen LogP contribution in [0, 0.1) is 6.92 Å². The minimum atomic E-state index is -0.438. The summed E-state index contributed by atoms with van der Waals surface area (Å²) >= 11 is 0. The first-order valence-electron chi connectivity index (χ1n) is 10.9. The fraction of sp³-hybridized carbons (Fsp3) is 0.333. The number of phenols is 1. The van der Waals surface area contributed by atoms with Gasteiger partial charge in [-0.2, -0.15) is 0 Å². The topological polar surface area (TPSA) is 107 Å². The molecular weight excluding hydrogens is 406 g/mol. The van der Waals surface area contributed by atoms with Crippen LogP contribution >= 0.6 is 0 Å². The van der Waals surface area contributed by atoms with Crippen molar-refractivity contribution in [1.29, 1.82) is 0 Å². The van der Waals surface area contributed by atoms with E-state index in [0.717, 1.165) is 35.2 Å². The second-order valence-corrected chi connectivity index (χ2v) is 8.51. The van der Waals surface area contributed by atoms with E-state index in [1.807, 2.05) is 31.2 Å². The van der Waals surface area contributed by atoms with E-state index in [4.69, 9.17) is 9.97 Å². The molecular formula is C24H25N5O3. The number of phenolic OH excluding ortho intramolecular Hbond substituents is 1. The number of hydrogen-bond donors (Lipinski definition) is 3. The zero-order valence-electron chi connectivity index (χ0n) is 17.8. The standard InChI is InChI=1S/C24H25N5O3/c1-14-6-7-16-19(12-14)27-22(17-4-2-3-5-20(17)30)28-23(16)29-11-10-15(13-29)25-24(32)18-8-9-21(31)26-18/h2-7,12,15,18,30H,8-11,13H2,1H3,(H,25,32)(H,26,31)/t15-,18?/m1/s1. The fourth-order valence-corrected chi connectivity index (χ4v) is 4.43. The number of amides is 2. The molecule has 2 aliphatic heterocycles. The van der Waals surface area contributed by atoms with Crippen LogP contribution in [0.4, 0.5) is 5.82 Å². The first kappa shape index (κ1) is 20.2. The highest BCUT2D eigenvalue weighted by molar-refractivity contribution is 5.93. The molecule has 0 bridgehead atoms. The fourth-order valence-electron chi connectivity index (χ4n) is 4.43. The van der Waals surface area contributed by atoms with Gasteiger partial charge in [0.25, 0.3) is 0 Å². The normalized spacial score (nSPS) is 20.5. The molecule has 2 saturated heterocycles. The molecule has 8 heteroatoms. The molecule has 1 aromatic heterocycles. The van der Waals surface area contributed by atoms with Crippen molar-refractivity contribution >= 4 is 28.5 Å². The van der Waals surface area contributed by atoms with Crippen molar-refractivity contribution in [2.45, 2.75) is 38.3 Å². The third-order valence-corrected chi connectivity index (χ3v) is 6.12. The predicted octanol–water partition coefficient (Wildman–Crippen LogP) is 2.28. The maximum Gasteiger partial charge on any atom is 0.242 e. The lowest BCUT2D eigenvalue weighted by molar-refractivity contribution is -0.126. The molecule has 0 aliphatic carbocycles. The molecule has 2 aromatic carbocycles. The van der Waals surface area contributed by atoms with Crippen LogP contribution in [0.3, 0.4) is 0 Å². The molecule has 164 valence electrons. The van der Waals surface area contributed by atoms with E-state index >= 15 is 0 Å². The van der Waals surface area contributed by atoms with Crippen LogP contribution in [0.1, 0.15) is 24.8 Å². The highest BCUT2D eigenvalue weighted by Crippen LogP contribution is 2.33. The molecule has 8 nitrogen and oxygen atoms in total. The Morgan fingerprint density at radius 1 is 1.19 bits per heavy atom. The van der Waals surface area contributed by atoms with Gasteiger partial charge in [0, 0.05) is 30.9 Å². The van der Waals surface area contributed by atoms with Gasteiger partial charge in [-0.15, -0.1) is 0 Å². The number of para-hydroxylation sites is 1. The zero-order valence-corrected chi connectivity index (χ0v) is 17.8. The first-order valence-corrected chi connectivity index (χ1v) is 10.9. The highest BCUT2D eigenvalue weighted by atomic mass is 16.3. The molecule has 2 aliphatic rings. The maximum absolute atomic E-state index is 12.5. The van der Waals surface area contributed by atoms with Gasteiger partial charge in [-0.25, -0.2) is 9.97 Å². The van der Waals surface area contributed by atoms with Gasteiger partial charge in [-0.1, -0.05) is 18.2 Å². The van der Waals surface area contributed by atoms with Crippen LogP contribution in [0.5, 0.6) is 5.75 Å². The number of aromatic hydroxyl groups is 1. The second-order valence-electron chi connectivity index (χ2n) is 8.51. The largest absolute Gasteiger partial charge is 0.507 e. The van der Waals surface area contributed by atoms with Gasteiger partial charge in [0.2, 0.25) is 11.8 Å². The van der Waals surface area contributed by atoms with Gasteiger partial charge in [0.05, 0.1) is 11.1 Å². The average Bonchev–Trinajstić information content (AvgIpc) is 3.42. The number of anilines is 1. The van der Waals surface area contributed by atoms with Crippen LogP contribution in [-0.4, -0.2) is 52.1 Å². The zero-order chi connectivity index (χ0) is 22.2. The molecule has 5 rings (SSSR count). The maximum atomic E-state index is 12.5. The Bertz CT molecular complexity index is 1210. The Kier molecular flexibility index (Phi) is 5.13. The Hall–Kier alpha value is -3.68. The Morgan fingerprint density at radius 2 is 2.03 bits per heavy atom. The Morgan fingerprint density at radius 3 is 2.81 bits per heavy atom. The lowest BCUT2D eigenvalue weighted by atomic mass is 10.1. The second kappa shape index (κ2) is 8.11. The molecule has 0 spiro atoms. The summed E-state index contributed by atoms with van der Waals surface area (Å²) in [6.45, 7) is 3.37. The van der Waals surface area contributed by atoms with Crippen molar-refractivity contribution in [3.05, 3.63) is 48.0 Å². The molecule has 3 N–H and O–H groups in total. The van der Waals surface area contributed by atoms with E-state index in [-0.39, 0.29) is 23.6 Å². The van der Waals surface area contributed by atoms with E-state index in [1.165, 1.54) is 0 Å². The van der Waals surface area contributed by atoms with Gasteiger partial charge in [0.1, 0.15) is 17.6 Å². The molecule has 32 heavy (non-hydrogen) atoms. The quantitative estimate of drug-likeness (QED) is 0.585. The summed E-state index contributed by atoms with van der Waals surface area (Å²) in [6.07, 6.45) is 1.73. The van der Waals surface area contributed by atoms with Gasteiger partial charge >= 0.3 is 0 Å². The molecule has 0 radical (unpaired) electrons. The molecule has 2 atom stereocenters. The first-order chi connectivity index (χ1) is 15.5. The van der Waals surface area contributed by atoms with E-state index in [0.29, 0.717) is 30.8 Å². The van der Waals surface area contributed by atoms with E-state index in [2.05, 4.69) is 15.5 Å². The van der Waals surface area contributed by atoms with E-state index < -0.39 is 6.04 Å². The number of nitrogens with zero attached hydrogens (tertiary/aromatic N) is 3. The van der Waals surface area contributed by atoms with Gasteiger partial charge in [-0.3, -0.25) is 9.59 Å². The summed E-state index contributed by atoms with van der Waals surface area (Å²) in [5, 5.41) is 17.1.